The van der Waals surface area contributed by atoms with Crippen molar-refractivity contribution in [1.82, 2.24) is 14.5 Å². The van der Waals surface area contributed by atoms with Crippen LogP contribution < -0.4 is 0 Å². The van der Waals surface area contributed by atoms with Crippen LogP contribution in [-0.2, 0) is 6.54 Å². The highest BCUT2D eigenvalue weighted by Crippen LogP contribution is 2.31. The molecule has 2 aromatic heterocycles. The number of piperidine rings is 1. The maximum atomic E-state index is 4.55. The lowest BCUT2D eigenvalue weighted by Gasteiger charge is -2.31. The number of thiazole rings is 1. The molecule has 24 heavy (non-hydrogen) atoms. The molecule has 0 radical (unpaired) electrons. The normalized spacial score (nSPS) is 19.4. The van der Waals surface area contributed by atoms with Gasteiger partial charge in [-0.2, -0.15) is 0 Å². The number of fused-ring (bicyclic) bond motifs is 1. The summed E-state index contributed by atoms with van der Waals surface area (Å²) in [6.45, 7) is 7.89. The molecule has 1 aromatic carbocycles. The molecule has 126 valence electrons. The number of likely N-dealkylation sites (tertiary alicyclic amines) is 1. The zero-order valence-corrected chi connectivity index (χ0v) is 15.3. The number of hydrogen-bond acceptors (Lipinski definition) is 3. The third-order valence-electron chi connectivity index (χ3n) is 5.08. The summed E-state index contributed by atoms with van der Waals surface area (Å²) in [6, 6.07) is 9.31. The van der Waals surface area contributed by atoms with Crippen LogP contribution in [0.2, 0.25) is 0 Å². The summed E-state index contributed by atoms with van der Waals surface area (Å²) in [5.41, 5.74) is 2.81. The molecule has 1 aliphatic heterocycles. The molecule has 0 bridgehead atoms. The van der Waals surface area contributed by atoms with Gasteiger partial charge >= 0.3 is 0 Å². The molecule has 0 N–H and O–H groups in total. The molecule has 4 heteroatoms. The summed E-state index contributed by atoms with van der Waals surface area (Å²) in [5.74, 6) is 0.609. The average Bonchev–Trinajstić information content (AvgIpc) is 3.24. The van der Waals surface area contributed by atoms with Crippen LogP contribution in [-0.4, -0.2) is 27.5 Å². The number of para-hydroxylation sites is 1. The Morgan fingerprint density at radius 1 is 1.29 bits per heavy atom. The van der Waals surface area contributed by atoms with E-state index < -0.39 is 0 Å². The van der Waals surface area contributed by atoms with Gasteiger partial charge in [-0.25, -0.2) is 4.98 Å². The van der Waals surface area contributed by atoms with Crippen molar-refractivity contribution in [3.8, 4) is 0 Å². The summed E-state index contributed by atoms with van der Waals surface area (Å²) < 4.78 is 2.41. The van der Waals surface area contributed by atoms with E-state index in [0.29, 0.717) is 12.0 Å². The van der Waals surface area contributed by atoms with Crippen molar-refractivity contribution in [3.05, 3.63) is 52.6 Å². The van der Waals surface area contributed by atoms with E-state index in [1.807, 2.05) is 6.20 Å². The Kier molecular flexibility index (Phi) is 4.42. The van der Waals surface area contributed by atoms with Crippen LogP contribution in [0.5, 0.6) is 0 Å². The second-order valence-electron chi connectivity index (χ2n) is 7.12. The van der Waals surface area contributed by atoms with Gasteiger partial charge in [0.1, 0.15) is 0 Å². The van der Waals surface area contributed by atoms with Crippen LogP contribution in [0.15, 0.2) is 42.0 Å². The maximum absolute atomic E-state index is 4.55. The minimum Gasteiger partial charge on any atom is -0.345 e. The second kappa shape index (κ2) is 6.69. The van der Waals surface area contributed by atoms with Gasteiger partial charge in [0.05, 0.1) is 5.01 Å². The highest BCUT2D eigenvalue weighted by Gasteiger charge is 2.24. The van der Waals surface area contributed by atoms with Crippen molar-refractivity contribution in [1.29, 1.82) is 0 Å². The first-order valence-electron chi connectivity index (χ1n) is 8.92. The van der Waals surface area contributed by atoms with Crippen molar-refractivity contribution >= 4 is 22.2 Å². The van der Waals surface area contributed by atoms with Gasteiger partial charge in [0.2, 0.25) is 0 Å². The van der Waals surface area contributed by atoms with Crippen molar-refractivity contribution in [2.24, 2.45) is 0 Å². The van der Waals surface area contributed by atoms with Gasteiger partial charge in [-0.3, -0.25) is 4.90 Å². The summed E-state index contributed by atoms with van der Waals surface area (Å²) in [6.07, 6.45) is 6.85. The molecular formula is C20H25N3S. The summed E-state index contributed by atoms with van der Waals surface area (Å²) in [4.78, 5) is 7.16. The standard InChI is InChI=1S/C20H25N3S/c1-15(2)23-14-17(18-7-3-4-8-19(18)23)13-22-10-5-6-16(12-22)20-21-9-11-24-20/h3-4,7-9,11,14-16H,5-6,10,12-13H2,1-2H3. The van der Waals surface area contributed by atoms with Crippen LogP contribution in [0.1, 0.15) is 49.2 Å². The Morgan fingerprint density at radius 3 is 2.96 bits per heavy atom. The van der Waals surface area contributed by atoms with E-state index in [0.717, 1.165) is 13.1 Å². The minimum atomic E-state index is 0.494. The number of hydrogen-bond donors (Lipinski definition) is 0. The van der Waals surface area contributed by atoms with Crippen molar-refractivity contribution < 1.29 is 0 Å². The van der Waals surface area contributed by atoms with Crippen molar-refractivity contribution in [2.45, 2.75) is 45.2 Å². The number of rotatable bonds is 4. The predicted molar refractivity (Wildman–Crippen MR) is 102 cm³/mol. The van der Waals surface area contributed by atoms with E-state index in [4.69, 9.17) is 0 Å². The zero-order valence-electron chi connectivity index (χ0n) is 14.5. The molecule has 3 nitrogen and oxygen atoms in total. The van der Waals surface area contributed by atoms with Crippen LogP contribution in [0.3, 0.4) is 0 Å². The van der Waals surface area contributed by atoms with Gasteiger partial charge in [0.25, 0.3) is 0 Å². The smallest absolute Gasteiger partial charge is 0.0968 e. The lowest BCUT2D eigenvalue weighted by atomic mass is 9.98. The van der Waals surface area contributed by atoms with E-state index in [-0.39, 0.29) is 0 Å². The third-order valence-corrected chi connectivity index (χ3v) is 6.02. The Bertz CT molecular complexity index is 804. The highest BCUT2D eigenvalue weighted by atomic mass is 32.1. The summed E-state index contributed by atoms with van der Waals surface area (Å²) >= 11 is 1.81. The van der Waals surface area contributed by atoms with Gasteiger partial charge in [0, 0.05) is 53.7 Å². The molecule has 0 aliphatic carbocycles. The van der Waals surface area contributed by atoms with Crippen LogP contribution >= 0.6 is 11.3 Å². The quantitative estimate of drug-likeness (QED) is 0.662. The number of benzene rings is 1. The Hall–Kier alpha value is -1.65. The molecule has 0 amide bonds. The first-order chi connectivity index (χ1) is 11.7. The second-order valence-corrected chi connectivity index (χ2v) is 8.04. The SMILES string of the molecule is CC(C)n1cc(CN2CCCC(c3nccs3)C2)c2ccccc21. The molecule has 0 saturated carbocycles. The molecule has 1 saturated heterocycles. The van der Waals surface area contributed by atoms with E-state index >= 15 is 0 Å². The molecule has 4 rings (SSSR count). The lowest BCUT2D eigenvalue weighted by Crippen LogP contribution is -2.33. The van der Waals surface area contributed by atoms with E-state index in [2.05, 4.69) is 64.1 Å². The summed E-state index contributed by atoms with van der Waals surface area (Å²) in [5, 5.41) is 4.82. The summed E-state index contributed by atoms with van der Waals surface area (Å²) in [7, 11) is 0. The van der Waals surface area contributed by atoms with Crippen LogP contribution in [0.4, 0.5) is 0 Å². The Labute approximate surface area is 147 Å². The molecular weight excluding hydrogens is 314 g/mol. The van der Waals surface area contributed by atoms with Crippen molar-refractivity contribution in [2.75, 3.05) is 13.1 Å². The molecule has 3 heterocycles. The fourth-order valence-corrected chi connectivity index (χ4v) is 4.68. The minimum absolute atomic E-state index is 0.494. The monoisotopic (exact) mass is 339 g/mol. The third kappa shape index (κ3) is 3.01. The highest BCUT2D eigenvalue weighted by molar-refractivity contribution is 7.09. The largest absolute Gasteiger partial charge is 0.345 e. The maximum Gasteiger partial charge on any atom is 0.0968 e. The molecule has 1 atom stereocenters. The van der Waals surface area contributed by atoms with Crippen LogP contribution in [0, 0.1) is 0 Å². The number of nitrogens with zero attached hydrogens (tertiary/aromatic N) is 3. The molecule has 3 aromatic rings. The molecule has 1 unspecified atom stereocenters. The Morgan fingerprint density at radius 2 is 2.17 bits per heavy atom. The Balaban J connectivity index is 1.58. The molecule has 1 aliphatic rings. The molecule has 0 spiro atoms. The molecule has 1 fully saturated rings. The topological polar surface area (TPSA) is 21.1 Å². The van der Waals surface area contributed by atoms with E-state index in [9.17, 15) is 0 Å². The predicted octanol–water partition coefficient (Wildman–Crippen LogP) is 5.06. The van der Waals surface area contributed by atoms with Gasteiger partial charge in [-0.05, 0) is 44.9 Å². The lowest BCUT2D eigenvalue weighted by molar-refractivity contribution is 0.200. The van der Waals surface area contributed by atoms with Gasteiger partial charge in [-0.1, -0.05) is 18.2 Å². The van der Waals surface area contributed by atoms with Gasteiger partial charge < -0.3 is 4.57 Å². The van der Waals surface area contributed by atoms with Gasteiger partial charge in [-0.15, -0.1) is 11.3 Å². The zero-order chi connectivity index (χ0) is 16.5. The fourth-order valence-electron chi connectivity index (χ4n) is 3.91. The fraction of sp³-hybridized carbons (Fsp3) is 0.450. The first kappa shape index (κ1) is 15.9. The van der Waals surface area contributed by atoms with Crippen LogP contribution in [0.25, 0.3) is 10.9 Å². The van der Waals surface area contributed by atoms with E-state index in [1.165, 1.54) is 40.9 Å². The average molecular weight is 340 g/mol. The number of aromatic nitrogens is 2. The van der Waals surface area contributed by atoms with E-state index in [1.54, 1.807) is 11.3 Å². The van der Waals surface area contributed by atoms with Crippen molar-refractivity contribution in [3.63, 3.8) is 0 Å². The first-order valence-corrected chi connectivity index (χ1v) is 9.80. The van der Waals surface area contributed by atoms with Gasteiger partial charge in [0.15, 0.2) is 0 Å².